The van der Waals surface area contributed by atoms with Gasteiger partial charge in [-0.1, -0.05) is 0 Å². The Morgan fingerprint density at radius 3 is 2.43 bits per heavy atom. The van der Waals surface area contributed by atoms with Gasteiger partial charge in [-0.05, 0) is 52.0 Å². The van der Waals surface area contributed by atoms with E-state index in [4.69, 9.17) is 0 Å². The zero-order valence-corrected chi connectivity index (χ0v) is 13.8. The van der Waals surface area contributed by atoms with E-state index in [0.29, 0.717) is 16.9 Å². The minimum Gasteiger partial charge on any atom is -0.392 e. The second-order valence-corrected chi connectivity index (χ2v) is 5.93. The number of hydrogen-bond donors (Lipinski definition) is 1. The number of nitrogens with zero attached hydrogens (tertiary/aromatic N) is 3. The summed E-state index contributed by atoms with van der Waals surface area (Å²) >= 11 is 0. The molecule has 0 saturated heterocycles. The number of carbonyl (C=O) groups is 1. The zero-order valence-electron chi connectivity index (χ0n) is 13.8. The smallest absolute Gasteiger partial charge is 0.257 e. The normalized spacial score (nSPS) is 12.5. The lowest BCUT2D eigenvalue weighted by Gasteiger charge is -2.27. The minimum absolute atomic E-state index is 0.0364. The van der Waals surface area contributed by atoms with Crippen LogP contribution < -0.4 is 0 Å². The molecular formula is C17H22FN3O2. The van der Waals surface area contributed by atoms with Gasteiger partial charge in [-0.2, -0.15) is 5.10 Å². The molecule has 0 spiro atoms. The van der Waals surface area contributed by atoms with Crippen LogP contribution in [-0.2, 0) is 0 Å². The number of benzene rings is 1. The highest BCUT2D eigenvalue weighted by Crippen LogP contribution is 2.17. The number of aliphatic hydroxyl groups excluding tert-OH is 1. The van der Waals surface area contributed by atoms with Crippen molar-refractivity contribution >= 4 is 5.91 Å². The van der Waals surface area contributed by atoms with Crippen molar-refractivity contribution < 1.29 is 14.3 Å². The summed E-state index contributed by atoms with van der Waals surface area (Å²) in [7, 11) is 0. The molecule has 1 heterocycles. The van der Waals surface area contributed by atoms with Crippen molar-refractivity contribution in [2.24, 2.45) is 0 Å². The Morgan fingerprint density at radius 2 is 1.91 bits per heavy atom. The van der Waals surface area contributed by atoms with Crippen LogP contribution in [0.25, 0.3) is 5.69 Å². The van der Waals surface area contributed by atoms with Gasteiger partial charge in [0.1, 0.15) is 5.82 Å². The van der Waals surface area contributed by atoms with Gasteiger partial charge in [0.25, 0.3) is 5.91 Å². The van der Waals surface area contributed by atoms with E-state index in [1.165, 1.54) is 18.3 Å². The van der Waals surface area contributed by atoms with Crippen LogP contribution in [0.3, 0.4) is 0 Å². The summed E-state index contributed by atoms with van der Waals surface area (Å²) in [4.78, 5) is 14.4. The van der Waals surface area contributed by atoms with E-state index in [1.807, 2.05) is 13.8 Å². The Labute approximate surface area is 135 Å². The molecule has 1 unspecified atom stereocenters. The number of halogens is 1. The fourth-order valence-electron chi connectivity index (χ4n) is 2.43. The molecule has 2 rings (SSSR count). The molecule has 1 N–H and O–H groups in total. The van der Waals surface area contributed by atoms with Gasteiger partial charge in [0, 0.05) is 12.6 Å². The first-order chi connectivity index (χ1) is 10.8. The molecule has 1 amide bonds. The lowest BCUT2D eigenvalue weighted by molar-refractivity contribution is 0.0578. The topological polar surface area (TPSA) is 58.4 Å². The van der Waals surface area contributed by atoms with Gasteiger partial charge < -0.3 is 10.0 Å². The molecule has 0 fully saturated rings. The highest BCUT2D eigenvalue weighted by molar-refractivity contribution is 5.95. The van der Waals surface area contributed by atoms with Crippen molar-refractivity contribution in [3.05, 3.63) is 47.5 Å². The second-order valence-electron chi connectivity index (χ2n) is 5.93. The van der Waals surface area contributed by atoms with Crippen molar-refractivity contribution in [2.45, 2.75) is 39.8 Å². The van der Waals surface area contributed by atoms with E-state index in [1.54, 1.807) is 35.6 Å². The van der Waals surface area contributed by atoms with E-state index >= 15 is 0 Å². The van der Waals surface area contributed by atoms with Gasteiger partial charge in [-0.3, -0.25) is 4.79 Å². The summed E-state index contributed by atoms with van der Waals surface area (Å²) in [6, 6.07) is 5.89. The quantitative estimate of drug-likeness (QED) is 0.921. The Balaban J connectivity index is 2.33. The van der Waals surface area contributed by atoms with Gasteiger partial charge >= 0.3 is 0 Å². The van der Waals surface area contributed by atoms with Crippen LogP contribution in [0.1, 0.15) is 36.8 Å². The van der Waals surface area contributed by atoms with Crippen LogP contribution in [0.2, 0.25) is 0 Å². The molecule has 0 aliphatic rings. The maximum absolute atomic E-state index is 13.0. The molecule has 1 aromatic carbocycles. The standard InChI is InChI=1S/C17H22FN3O2/c1-11(2)20(10-12(3)22)17(23)16-9-19-21(13(16)4)15-7-5-14(18)6-8-15/h5-9,11-12,22H,10H2,1-4H3. The number of aromatic nitrogens is 2. The van der Waals surface area contributed by atoms with Gasteiger partial charge in [0.15, 0.2) is 0 Å². The van der Waals surface area contributed by atoms with Gasteiger partial charge in [-0.25, -0.2) is 9.07 Å². The molecule has 0 bridgehead atoms. The number of rotatable bonds is 5. The molecule has 0 aliphatic carbocycles. The van der Waals surface area contributed by atoms with Crippen molar-refractivity contribution in [2.75, 3.05) is 6.54 Å². The first-order valence-electron chi connectivity index (χ1n) is 7.61. The first kappa shape index (κ1) is 17.1. The maximum atomic E-state index is 13.0. The average molecular weight is 319 g/mol. The Bertz CT molecular complexity index is 678. The van der Waals surface area contributed by atoms with Crippen LogP contribution in [0.15, 0.2) is 30.5 Å². The summed E-state index contributed by atoms with van der Waals surface area (Å²) in [5, 5.41) is 13.8. The lowest BCUT2D eigenvalue weighted by Crippen LogP contribution is -2.41. The molecule has 23 heavy (non-hydrogen) atoms. The van der Waals surface area contributed by atoms with Crippen LogP contribution in [0.5, 0.6) is 0 Å². The van der Waals surface area contributed by atoms with Crippen LogP contribution in [0.4, 0.5) is 4.39 Å². The average Bonchev–Trinajstić information content (AvgIpc) is 2.86. The van der Waals surface area contributed by atoms with E-state index < -0.39 is 6.10 Å². The number of amides is 1. The molecule has 0 aliphatic heterocycles. The molecule has 124 valence electrons. The SMILES string of the molecule is Cc1c(C(=O)N(CC(C)O)C(C)C)cnn1-c1ccc(F)cc1. The Kier molecular flexibility index (Phi) is 5.15. The van der Waals surface area contributed by atoms with Crippen LogP contribution in [-0.4, -0.2) is 44.4 Å². The summed E-state index contributed by atoms with van der Waals surface area (Å²) in [5.74, 6) is -0.496. The fraction of sp³-hybridized carbons (Fsp3) is 0.412. The molecule has 2 aromatic rings. The zero-order chi connectivity index (χ0) is 17.1. The number of carbonyl (C=O) groups excluding carboxylic acids is 1. The third-order valence-electron chi connectivity index (χ3n) is 3.66. The van der Waals surface area contributed by atoms with Gasteiger partial charge in [0.2, 0.25) is 0 Å². The predicted molar refractivity (Wildman–Crippen MR) is 86.1 cm³/mol. The molecule has 6 heteroatoms. The lowest BCUT2D eigenvalue weighted by atomic mass is 10.1. The summed E-state index contributed by atoms with van der Waals surface area (Å²) in [5.41, 5.74) is 1.84. The van der Waals surface area contributed by atoms with E-state index in [9.17, 15) is 14.3 Å². The van der Waals surface area contributed by atoms with E-state index in [0.717, 1.165) is 0 Å². The first-order valence-corrected chi connectivity index (χ1v) is 7.61. The Hall–Kier alpha value is -2.21. The number of hydrogen-bond acceptors (Lipinski definition) is 3. The van der Waals surface area contributed by atoms with Crippen molar-refractivity contribution in [3.8, 4) is 5.69 Å². The second kappa shape index (κ2) is 6.91. The summed E-state index contributed by atoms with van der Waals surface area (Å²) < 4.78 is 14.6. The van der Waals surface area contributed by atoms with Crippen molar-refractivity contribution in [1.29, 1.82) is 0 Å². The predicted octanol–water partition coefficient (Wildman–Crippen LogP) is 2.55. The van der Waals surface area contributed by atoms with E-state index in [-0.39, 0.29) is 24.3 Å². The fourth-order valence-corrected chi connectivity index (χ4v) is 2.43. The molecule has 1 aromatic heterocycles. The molecular weight excluding hydrogens is 297 g/mol. The largest absolute Gasteiger partial charge is 0.392 e. The van der Waals surface area contributed by atoms with Crippen molar-refractivity contribution in [3.63, 3.8) is 0 Å². The highest BCUT2D eigenvalue weighted by atomic mass is 19.1. The number of aliphatic hydroxyl groups is 1. The third kappa shape index (κ3) is 3.76. The third-order valence-corrected chi connectivity index (χ3v) is 3.66. The summed E-state index contributed by atoms with van der Waals surface area (Å²) in [6.07, 6.45) is 0.909. The highest BCUT2D eigenvalue weighted by Gasteiger charge is 2.24. The Morgan fingerprint density at radius 1 is 1.30 bits per heavy atom. The molecule has 1 atom stereocenters. The molecule has 0 radical (unpaired) electrons. The monoisotopic (exact) mass is 319 g/mol. The minimum atomic E-state index is -0.603. The van der Waals surface area contributed by atoms with Gasteiger partial charge in [-0.15, -0.1) is 0 Å². The van der Waals surface area contributed by atoms with Crippen LogP contribution >= 0.6 is 0 Å². The van der Waals surface area contributed by atoms with E-state index in [2.05, 4.69) is 5.10 Å². The van der Waals surface area contributed by atoms with Gasteiger partial charge in [0.05, 0.1) is 29.2 Å². The molecule has 0 saturated carbocycles. The summed E-state index contributed by atoms with van der Waals surface area (Å²) in [6.45, 7) is 7.51. The van der Waals surface area contributed by atoms with Crippen molar-refractivity contribution in [1.82, 2.24) is 14.7 Å². The maximum Gasteiger partial charge on any atom is 0.257 e. The van der Waals surface area contributed by atoms with Crippen LogP contribution in [0, 0.1) is 12.7 Å². The molecule has 5 nitrogen and oxygen atoms in total.